The van der Waals surface area contributed by atoms with Crippen molar-refractivity contribution < 1.29 is 9.59 Å². The van der Waals surface area contributed by atoms with Crippen LogP contribution in [0.2, 0.25) is 0 Å². The fraction of sp³-hybridized carbons (Fsp3) is 0.333. The lowest BCUT2D eigenvalue weighted by molar-refractivity contribution is -0.114. The van der Waals surface area contributed by atoms with Crippen LogP contribution in [0.1, 0.15) is 34.3 Å². The van der Waals surface area contributed by atoms with Crippen LogP contribution in [-0.2, 0) is 4.79 Å². The number of ketones is 1. The number of benzene rings is 1. The molecule has 0 aliphatic carbocycles. The molecule has 0 fully saturated rings. The molecule has 0 bridgehead atoms. The predicted octanol–water partition coefficient (Wildman–Crippen LogP) is 2.80. The zero-order valence-corrected chi connectivity index (χ0v) is 10.8. The Labute approximate surface area is 107 Å². The first kappa shape index (κ1) is 12.6. The number of amides is 1. The zero-order chi connectivity index (χ0) is 13.3. The van der Waals surface area contributed by atoms with E-state index in [2.05, 4.69) is 6.58 Å². The quantitative estimate of drug-likeness (QED) is 0.463. The van der Waals surface area contributed by atoms with Gasteiger partial charge >= 0.3 is 0 Å². The molecule has 0 spiro atoms. The van der Waals surface area contributed by atoms with E-state index in [0.29, 0.717) is 12.1 Å². The minimum Gasteiger partial charge on any atom is -0.304 e. The van der Waals surface area contributed by atoms with E-state index in [-0.39, 0.29) is 5.78 Å². The van der Waals surface area contributed by atoms with Crippen molar-refractivity contribution in [2.75, 3.05) is 11.4 Å². The Morgan fingerprint density at radius 3 is 2.56 bits per heavy atom. The fourth-order valence-electron chi connectivity index (χ4n) is 2.37. The number of allylic oxidation sites excluding steroid dienone is 1. The first-order valence-electron chi connectivity index (χ1n) is 6.15. The average molecular weight is 243 g/mol. The van der Waals surface area contributed by atoms with Crippen LogP contribution in [0, 0.1) is 13.8 Å². The second-order valence-electron chi connectivity index (χ2n) is 4.64. The molecule has 3 heteroatoms. The highest BCUT2D eigenvalue weighted by molar-refractivity contribution is 6.52. The van der Waals surface area contributed by atoms with E-state index < -0.39 is 5.91 Å². The summed E-state index contributed by atoms with van der Waals surface area (Å²) in [6.07, 6.45) is 3.50. The van der Waals surface area contributed by atoms with Crippen molar-refractivity contribution in [1.29, 1.82) is 0 Å². The van der Waals surface area contributed by atoms with Gasteiger partial charge in [-0.05, 0) is 37.8 Å². The molecule has 1 aromatic carbocycles. The van der Waals surface area contributed by atoms with Crippen LogP contribution in [0.5, 0.6) is 0 Å². The SMILES string of the molecule is C=CCCCN1C(=O)C(=O)c2c(C)ccc(C)c21. The number of rotatable bonds is 4. The van der Waals surface area contributed by atoms with Gasteiger partial charge in [-0.25, -0.2) is 0 Å². The molecule has 0 unspecified atom stereocenters. The number of nitrogens with zero attached hydrogens (tertiary/aromatic N) is 1. The van der Waals surface area contributed by atoms with Gasteiger partial charge in [-0.1, -0.05) is 18.2 Å². The molecular weight excluding hydrogens is 226 g/mol. The molecule has 0 radical (unpaired) electrons. The summed E-state index contributed by atoms with van der Waals surface area (Å²) in [7, 11) is 0. The van der Waals surface area contributed by atoms with Gasteiger partial charge in [0.25, 0.3) is 11.7 Å². The number of aryl methyl sites for hydroxylation is 2. The van der Waals surface area contributed by atoms with Crippen LogP contribution in [0.15, 0.2) is 24.8 Å². The smallest absolute Gasteiger partial charge is 0.299 e. The Morgan fingerprint density at radius 1 is 1.22 bits per heavy atom. The highest BCUT2D eigenvalue weighted by atomic mass is 16.2. The number of hydrogen-bond donors (Lipinski definition) is 0. The van der Waals surface area contributed by atoms with Crippen molar-refractivity contribution in [3.63, 3.8) is 0 Å². The van der Waals surface area contributed by atoms with Crippen LogP contribution in [0.3, 0.4) is 0 Å². The summed E-state index contributed by atoms with van der Waals surface area (Å²) in [5.41, 5.74) is 3.24. The van der Waals surface area contributed by atoms with E-state index in [4.69, 9.17) is 0 Å². The molecule has 1 aromatic rings. The maximum absolute atomic E-state index is 12.0. The van der Waals surface area contributed by atoms with E-state index in [9.17, 15) is 9.59 Å². The topological polar surface area (TPSA) is 37.4 Å². The monoisotopic (exact) mass is 243 g/mol. The fourth-order valence-corrected chi connectivity index (χ4v) is 2.37. The third-order valence-electron chi connectivity index (χ3n) is 3.31. The lowest BCUT2D eigenvalue weighted by atomic mass is 10.0. The molecule has 0 saturated heterocycles. The summed E-state index contributed by atoms with van der Waals surface area (Å²) >= 11 is 0. The maximum Gasteiger partial charge on any atom is 0.299 e. The largest absolute Gasteiger partial charge is 0.304 e. The highest BCUT2D eigenvalue weighted by Gasteiger charge is 2.37. The van der Waals surface area contributed by atoms with Gasteiger partial charge in [-0.3, -0.25) is 9.59 Å². The van der Waals surface area contributed by atoms with Gasteiger partial charge in [0.1, 0.15) is 0 Å². The Balaban J connectivity index is 2.41. The third kappa shape index (κ3) is 1.86. The van der Waals surface area contributed by atoms with Gasteiger partial charge in [0.2, 0.25) is 0 Å². The molecule has 1 heterocycles. The number of carbonyl (C=O) groups is 2. The van der Waals surface area contributed by atoms with E-state index in [1.165, 1.54) is 0 Å². The molecular formula is C15H17NO2. The van der Waals surface area contributed by atoms with Crippen LogP contribution in [0.25, 0.3) is 0 Å². The van der Waals surface area contributed by atoms with Crippen LogP contribution < -0.4 is 4.90 Å². The van der Waals surface area contributed by atoms with Crippen LogP contribution in [0.4, 0.5) is 5.69 Å². The molecule has 0 aromatic heterocycles. The van der Waals surface area contributed by atoms with E-state index >= 15 is 0 Å². The number of anilines is 1. The first-order chi connectivity index (χ1) is 8.57. The summed E-state index contributed by atoms with van der Waals surface area (Å²) in [5.74, 6) is -0.767. The minimum absolute atomic E-state index is 0.371. The number of fused-ring (bicyclic) bond motifs is 1. The van der Waals surface area contributed by atoms with E-state index in [1.54, 1.807) is 4.90 Å². The van der Waals surface area contributed by atoms with E-state index in [1.807, 2.05) is 32.1 Å². The molecule has 1 aliphatic heterocycles. The standard InChI is InChI=1S/C15H17NO2/c1-4-5-6-9-16-13-11(3)8-7-10(2)12(13)14(17)15(16)18/h4,7-8H,1,5-6,9H2,2-3H3. The summed E-state index contributed by atoms with van der Waals surface area (Å²) in [4.78, 5) is 25.6. The van der Waals surface area contributed by atoms with Gasteiger partial charge < -0.3 is 4.90 Å². The molecule has 18 heavy (non-hydrogen) atoms. The van der Waals surface area contributed by atoms with Crippen molar-refractivity contribution >= 4 is 17.4 Å². The summed E-state index contributed by atoms with van der Waals surface area (Å²) < 4.78 is 0. The molecule has 0 saturated carbocycles. The Kier molecular flexibility index (Phi) is 3.32. The maximum atomic E-state index is 12.0. The predicted molar refractivity (Wildman–Crippen MR) is 72.0 cm³/mol. The van der Waals surface area contributed by atoms with Gasteiger partial charge in [-0.15, -0.1) is 6.58 Å². The van der Waals surface area contributed by atoms with E-state index in [0.717, 1.165) is 29.7 Å². The summed E-state index contributed by atoms with van der Waals surface area (Å²) in [6, 6.07) is 3.85. The van der Waals surface area contributed by atoms with Crippen molar-refractivity contribution in [1.82, 2.24) is 0 Å². The van der Waals surface area contributed by atoms with Crippen molar-refractivity contribution in [3.8, 4) is 0 Å². The Hall–Kier alpha value is -1.90. The lowest BCUT2D eigenvalue weighted by Crippen LogP contribution is -2.30. The Bertz CT molecular complexity index is 532. The molecule has 0 N–H and O–H groups in total. The minimum atomic E-state index is -0.397. The number of carbonyl (C=O) groups excluding carboxylic acids is 2. The van der Waals surface area contributed by atoms with Crippen molar-refractivity contribution in [2.45, 2.75) is 26.7 Å². The molecule has 1 aliphatic rings. The molecule has 0 atom stereocenters. The summed E-state index contributed by atoms with van der Waals surface area (Å²) in [6.45, 7) is 8.05. The lowest BCUT2D eigenvalue weighted by Gasteiger charge is -2.18. The van der Waals surface area contributed by atoms with Gasteiger partial charge in [-0.2, -0.15) is 0 Å². The molecule has 1 amide bonds. The van der Waals surface area contributed by atoms with Crippen molar-refractivity contribution in [3.05, 3.63) is 41.5 Å². The third-order valence-corrected chi connectivity index (χ3v) is 3.31. The Morgan fingerprint density at radius 2 is 1.89 bits per heavy atom. The normalized spacial score (nSPS) is 14.0. The number of hydrogen-bond acceptors (Lipinski definition) is 2. The van der Waals surface area contributed by atoms with Gasteiger partial charge in [0, 0.05) is 6.54 Å². The molecule has 2 rings (SSSR count). The van der Waals surface area contributed by atoms with Gasteiger partial charge in [0.05, 0.1) is 11.3 Å². The molecule has 3 nitrogen and oxygen atoms in total. The highest BCUT2D eigenvalue weighted by Crippen LogP contribution is 2.34. The summed E-state index contributed by atoms with van der Waals surface area (Å²) in [5, 5.41) is 0. The van der Waals surface area contributed by atoms with Crippen molar-refractivity contribution in [2.24, 2.45) is 0 Å². The first-order valence-corrected chi connectivity index (χ1v) is 6.15. The molecule has 94 valence electrons. The zero-order valence-electron chi connectivity index (χ0n) is 10.8. The second-order valence-corrected chi connectivity index (χ2v) is 4.64. The number of unbranched alkanes of at least 4 members (excludes halogenated alkanes) is 1. The van der Waals surface area contributed by atoms with Gasteiger partial charge in [0.15, 0.2) is 0 Å². The number of Topliss-reactive ketones (excluding diaryl/α,β-unsaturated/α-hetero) is 1. The van der Waals surface area contributed by atoms with Crippen LogP contribution >= 0.6 is 0 Å². The second kappa shape index (κ2) is 4.77. The average Bonchev–Trinajstić information content (AvgIpc) is 2.60. The van der Waals surface area contributed by atoms with Crippen LogP contribution in [-0.4, -0.2) is 18.2 Å².